The second-order valence-electron chi connectivity index (χ2n) is 7.81. The maximum atomic E-state index is 12.7. The van der Waals surface area contributed by atoms with E-state index in [1.807, 2.05) is 0 Å². The molecule has 0 saturated carbocycles. The second kappa shape index (κ2) is 10.7. The van der Waals surface area contributed by atoms with Gasteiger partial charge in [0.2, 0.25) is 0 Å². The van der Waals surface area contributed by atoms with Gasteiger partial charge in [-0.2, -0.15) is 0 Å². The summed E-state index contributed by atoms with van der Waals surface area (Å²) in [5.74, 6) is -1.05. The van der Waals surface area contributed by atoms with Gasteiger partial charge in [-0.3, -0.25) is 9.59 Å². The highest BCUT2D eigenvalue weighted by atomic mass is 35.5. The van der Waals surface area contributed by atoms with Gasteiger partial charge in [0.25, 0.3) is 5.91 Å². The molecule has 9 heteroatoms. The van der Waals surface area contributed by atoms with Gasteiger partial charge in [0.05, 0.1) is 18.6 Å². The molecule has 1 aliphatic rings. The summed E-state index contributed by atoms with van der Waals surface area (Å²) in [6.45, 7) is 5.63. The van der Waals surface area contributed by atoms with E-state index in [1.54, 1.807) is 19.1 Å². The third kappa shape index (κ3) is 5.82. The first kappa shape index (κ1) is 24.6. The summed E-state index contributed by atoms with van der Waals surface area (Å²) in [7, 11) is 0. The minimum absolute atomic E-state index is 0.0904. The molecule has 0 aliphatic heterocycles. The molecule has 1 aliphatic carbocycles. The maximum Gasteiger partial charge on any atom is 0.341 e. The van der Waals surface area contributed by atoms with Gasteiger partial charge in [0, 0.05) is 14.9 Å². The largest absolute Gasteiger partial charge is 0.462 e. The van der Waals surface area contributed by atoms with E-state index in [9.17, 15) is 14.4 Å². The zero-order valence-electron chi connectivity index (χ0n) is 18.1. The summed E-state index contributed by atoms with van der Waals surface area (Å²) in [4.78, 5) is 38.7. The summed E-state index contributed by atoms with van der Waals surface area (Å²) >= 11 is 13.4. The molecule has 32 heavy (non-hydrogen) atoms. The van der Waals surface area contributed by atoms with Gasteiger partial charge < -0.3 is 14.8 Å². The Labute approximate surface area is 201 Å². The molecule has 6 nitrogen and oxygen atoms in total. The zero-order chi connectivity index (χ0) is 23.4. The Morgan fingerprint density at radius 1 is 1.28 bits per heavy atom. The SMILES string of the molecule is CCOC(=O)c1c(NC(=O)C(C)OC(=O)Cc2ccc(Cl)cc2Cl)sc2c1CCC(C)C2. The number of hydrogen-bond donors (Lipinski definition) is 1. The summed E-state index contributed by atoms with van der Waals surface area (Å²) in [6.07, 6.45) is 1.46. The van der Waals surface area contributed by atoms with Crippen LogP contribution >= 0.6 is 34.5 Å². The van der Waals surface area contributed by atoms with Gasteiger partial charge in [0.1, 0.15) is 5.00 Å². The highest BCUT2D eigenvalue weighted by Gasteiger charge is 2.30. The third-order valence-corrected chi connectivity index (χ3v) is 7.01. The monoisotopic (exact) mass is 497 g/mol. The fraction of sp³-hybridized carbons (Fsp3) is 0.435. The van der Waals surface area contributed by atoms with E-state index < -0.39 is 23.9 Å². The quantitative estimate of drug-likeness (QED) is 0.512. The van der Waals surface area contributed by atoms with Crippen molar-refractivity contribution < 1.29 is 23.9 Å². The molecule has 1 N–H and O–H groups in total. The van der Waals surface area contributed by atoms with Crippen molar-refractivity contribution in [1.82, 2.24) is 0 Å². The molecule has 1 aromatic heterocycles. The molecule has 0 spiro atoms. The first-order valence-corrected chi connectivity index (χ1v) is 12.0. The van der Waals surface area contributed by atoms with Gasteiger partial charge in [-0.1, -0.05) is 36.2 Å². The molecular formula is C23H25Cl2NO5S. The van der Waals surface area contributed by atoms with Crippen molar-refractivity contribution in [3.8, 4) is 0 Å². The number of hydrogen-bond acceptors (Lipinski definition) is 6. The van der Waals surface area contributed by atoms with Crippen LogP contribution in [0.4, 0.5) is 5.00 Å². The first-order valence-electron chi connectivity index (χ1n) is 10.5. The number of esters is 2. The number of benzene rings is 1. The molecule has 0 bridgehead atoms. The fourth-order valence-electron chi connectivity index (χ4n) is 3.58. The average Bonchev–Trinajstić information content (AvgIpc) is 3.07. The molecule has 1 aromatic carbocycles. The predicted molar refractivity (Wildman–Crippen MR) is 126 cm³/mol. The standard InChI is InChI=1S/C23H25Cl2NO5S/c1-4-30-23(29)20-16-8-5-12(2)9-18(16)32-22(20)26-21(28)13(3)31-19(27)10-14-6-7-15(24)11-17(14)25/h6-7,11-13H,4-5,8-10H2,1-3H3,(H,26,28). The molecule has 2 aromatic rings. The number of fused-ring (bicyclic) bond motifs is 1. The summed E-state index contributed by atoms with van der Waals surface area (Å²) in [5.41, 5.74) is 1.92. The van der Waals surface area contributed by atoms with Crippen LogP contribution in [0.1, 0.15) is 53.6 Å². The van der Waals surface area contributed by atoms with Gasteiger partial charge >= 0.3 is 11.9 Å². The van der Waals surface area contributed by atoms with Crippen molar-refractivity contribution >= 4 is 57.4 Å². The lowest BCUT2D eigenvalue weighted by atomic mass is 9.88. The number of nitrogens with one attached hydrogen (secondary N) is 1. The Hall–Kier alpha value is -2.09. The van der Waals surface area contributed by atoms with Gasteiger partial charge in [-0.15, -0.1) is 11.3 Å². The van der Waals surface area contributed by atoms with Crippen molar-refractivity contribution in [2.45, 2.75) is 52.6 Å². The van der Waals surface area contributed by atoms with Crippen molar-refractivity contribution in [3.63, 3.8) is 0 Å². The lowest BCUT2D eigenvalue weighted by molar-refractivity contribution is -0.152. The Morgan fingerprint density at radius 2 is 2.03 bits per heavy atom. The van der Waals surface area contributed by atoms with Gasteiger partial charge in [-0.05, 0) is 62.3 Å². The summed E-state index contributed by atoms with van der Waals surface area (Å²) in [6, 6.07) is 4.81. The molecule has 2 atom stereocenters. The molecule has 1 amide bonds. The summed E-state index contributed by atoms with van der Waals surface area (Å²) < 4.78 is 10.5. The molecular weight excluding hydrogens is 473 g/mol. The Bertz CT molecular complexity index is 1040. The van der Waals surface area contributed by atoms with Gasteiger partial charge in [-0.25, -0.2) is 4.79 Å². The minimum atomic E-state index is -1.05. The van der Waals surface area contributed by atoms with Crippen LogP contribution in [0.3, 0.4) is 0 Å². The van der Waals surface area contributed by atoms with Crippen LogP contribution < -0.4 is 5.32 Å². The maximum absolute atomic E-state index is 12.7. The molecule has 3 rings (SSSR count). The molecule has 0 saturated heterocycles. The second-order valence-corrected chi connectivity index (χ2v) is 9.76. The number of anilines is 1. The van der Waals surface area contributed by atoms with Crippen LogP contribution in [-0.4, -0.2) is 30.6 Å². The lowest BCUT2D eigenvalue weighted by Crippen LogP contribution is -2.30. The van der Waals surface area contributed by atoms with Crippen LogP contribution in [0.15, 0.2) is 18.2 Å². The van der Waals surface area contributed by atoms with E-state index in [4.69, 9.17) is 32.7 Å². The van der Waals surface area contributed by atoms with E-state index in [2.05, 4.69) is 12.2 Å². The van der Waals surface area contributed by atoms with Crippen LogP contribution in [-0.2, 0) is 38.3 Å². The summed E-state index contributed by atoms with van der Waals surface area (Å²) in [5, 5.41) is 4.02. The van der Waals surface area contributed by atoms with E-state index in [-0.39, 0.29) is 13.0 Å². The van der Waals surface area contributed by atoms with E-state index in [0.717, 1.165) is 29.7 Å². The predicted octanol–water partition coefficient (Wildman–Crippen LogP) is 5.47. The number of carbonyl (C=O) groups excluding carboxylic acids is 3. The molecule has 1 heterocycles. The third-order valence-electron chi connectivity index (χ3n) is 5.26. The van der Waals surface area contributed by atoms with E-state index in [1.165, 1.54) is 24.3 Å². The number of ether oxygens (including phenoxy) is 2. The van der Waals surface area contributed by atoms with Crippen molar-refractivity contribution in [1.29, 1.82) is 0 Å². The lowest BCUT2D eigenvalue weighted by Gasteiger charge is -2.18. The molecule has 2 unspecified atom stereocenters. The number of rotatable bonds is 7. The average molecular weight is 498 g/mol. The fourth-order valence-corrected chi connectivity index (χ4v) is 5.46. The van der Waals surface area contributed by atoms with Crippen LogP contribution in [0.2, 0.25) is 10.0 Å². The Balaban J connectivity index is 1.70. The van der Waals surface area contributed by atoms with Gasteiger partial charge in [0.15, 0.2) is 6.10 Å². The highest BCUT2D eigenvalue weighted by molar-refractivity contribution is 7.17. The molecule has 0 radical (unpaired) electrons. The normalized spacial score (nSPS) is 16.1. The Morgan fingerprint density at radius 3 is 2.72 bits per heavy atom. The number of thiophene rings is 1. The van der Waals surface area contributed by atoms with Crippen LogP contribution in [0, 0.1) is 5.92 Å². The van der Waals surface area contributed by atoms with Crippen molar-refractivity contribution in [2.75, 3.05) is 11.9 Å². The molecule has 172 valence electrons. The zero-order valence-corrected chi connectivity index (χ0v) is 20.5. The number of amides is 1. The van der Waals surface area contributed by atoms with Crippen LogP contribution in [0.25, 0.3) is 0 Å². The minimum Gasteiger partial charge on any atom is -0.462 e. The topological polar surface area (TPSA) is 81.7 Å². The van der Waals surface area contributed by atoms with Crippen molar-refractivity contribution in [3.05, 3.63) is 49.8 Å². The first-order chi connectivity index (χ1) is 15.2. The number of carbonyl (C=O) groups is 3. The smallest absolute Gasteiger partial charge is 0.341 e. The van der Waals surface area contributed by atoms with Crippen LogP contribution in [0.5, 0.6) is 0 Å². The molecule has 0 fully saturated rings. The highest BCUT2D eigenvalue weighted by Crippen LogP contribution is 2.40. The van der Waals surface area contributed by atoms with Crippen molar-refractivity contribution in [2.24, 2.45) is 5.92 Å². The van der Waals surface area contributed by atoms with E-state index >= 15 is 0 Å². The van der Waals surface area contributed by atoms with E-state index in [0.29, 0.717) is 32.1 Å². The number of halogens is 2. The Kier molecular flexibility index (Phi) is 8.20.